The van der Waals surface area contributed by atoms with Crippen molar-refractivity contribution in [2.75, 3.05) is 13.2 Å². The summed E-state index contributed by atoms with van der Waals surface area (Å²) in [6.45, 7) is 4.93. The predicted molar refractivity (Wildman–Crippen MR) is 310 cm³/mol. The van der Waals surface area contributed by atoms with Gasteiger partial charge in [-0.15, -0.1) is 0 Å². The number of nitrogens with one attached hydrogen (secondary N) is 1. The van der Waals surface area contributed by atoms with Crippen molar-refractivity contribution in [2.24, 2.45) is 0 Å². The van der Waals surface area contributed by atoms with Crippen molar-refractivity contribution in [3.05, 3.63) is 12.2 Å². The fourth-order valence-electron chi connectivity index (χ4n) is 10.3. The van der Waals surface area contributed by atoms with E-state index in [9.17, 15) is 19.8 Å². The predicted octanol–water partition coefficient (Wildman–Crippen LogP) is 20.4. The van der Waals surface area contributed by atoms with Gasteiger partial charge in [-0.1, -0.05) is 334 Å². The largest absolute Gasteiger partial charge is 0.466 e. The third-order valence-electron chi connectivity index (χ3n) is 15.3. The molecule has 0 fully saturated rings. The van der Waals surface area contributed by atoms with Crippen molar-refractivity contribution in [1.29, 1.82) is 0 Å². The van der Waals surface area contributed by atoms with E-state index in [2.05, 4.69) is 19.2 Å². The van der Waals surface area contributed by atoms with Crippen LogP contribution in [0.4, 0.5) is 0 Å². The van der Waals surface area contributed by atoms with E-state index in [1.807, 2.05) is 6.08 Å². The van der Waals surface area contributed by atoms with Gasteiger partial charge in [0.05, 0.1) is 25.4 Å². The highest BCUT2D eigenvalue weighted by Gasteiger charge is 2.18. The summed E-state index contributed by atoms with van der Waals surface area (Å²) < 4.78 is 5.47. The lowest BCUT2D eigenvalue weighted by Crippen LogP contribution is -2.45. The molecule has 0 saturated carbocycles. The SMILES string of the molecule is CCCCCCCCCCCCCCCCCCCCCCCC/C=C/C(O)C(CO)NC(=O)CCCCCCCCCCCCCCCCCCCCOC(=O)CCCCCCCCCCCCCC. The minimum atomic E-state index is -0.848. The Morgan fingerprint density at radius 3 is 0.958 bits per heavy atom. The molecule has 3 N–H and O–H groups in total. The number of allylic oxidation sites excluding steroid dienone is 1. The summed E-state index contributed by atoms with van der Waals surface area (Å²) in [5, 5.41) is 23.2. The van der Waals surface area contributed by atoms with Crippen molar-refractivity contribution in [3.63, 3.8) is 0 Å². The number of carbonyl (C=O) groups excluding carboxylic acids is 2. The molecule has 2 atom stereocenters. The van der Waals surface area contributed by atoms with Crippen LogP contribution in [0.2, 0.25) is 0 Å². The third-order valence-corrected chi connectivity index (χ3v) is 15.3. The molecule has 0 aromatic rings. The normalized spacial score (nSPS) is 12.6. The van der Waals surface area contributed by atoms with Crippen LogP contribution in [0.15, 0.2) is 12.2 Å². The minimum Gasteiger partial charge on any atom is -0.466 e. The van der Waals surface area contributed by atoms with Crippen molar-refractivity contribution in [2.45, 2.75) is 379 Å². The van der Waals surface area contributed by atoms with Crippen LogP contribution in [0.25, 0.3) is 0 Å². The average Bonchev–Trinajstić information content (AvgIpc) is 3.37. The number of esters is 1. The van der Waals surface area contributed by atoms with Crippen molar-refractivity contribution in [3.8, 4) is 0 Å². The standard InChI is InChI=1S/C65H127NO5/c1-3-5-7-9-11-13-15-17-18-19-20-21-22-23-24-25-28-31-34-37-41-45-49-53-57-63(68)62(61-67)66-64(69)58-54-50-46-42-38-35-32-29-26-27-30-33-36-40-44-48-52-56-60-71-65(70)59-55-51-47-43-39-16-14-12-10-8-6-4-2/h53,57,62-63,67-68H,3-52,54-56,58-61H2,1-2H3,(H,66,69)/b57-53+. The maximum absolute atomic E-state index is 12.5. The lowest BCUT2D eigenvalue weighted by molar-refractivity contribution is -0.143. The van der Waals surface area contributed by atoms with E-state index in [4.69, 9.17) is 4.74 Å². The summed E-state index contributed by atoms with van der Waals surface area (Å²) in [6.07, 6.45) is 74.0. The topological polar surface area (TPSA) is 95.9 Å². The molecule has 71 heavy (non-hydrogen) atoms. The van der Waals surface area contributed by atoms with Crippen LogP contribution < -0.4 is 5.32 Å². The number of amides is 1. The molecule has 6 nitrogen and oxygen atoms in total. The molecule has 0 heterocycles. The summed E-state index contributed by atoms with van der Waals surface area (Å²) in [6, 6.07) is -0.631. The second-order valence-electron chi connectivity index (χ2n) is 22.5. The zero-order chi connectivity index (χ0) is 51.4. The number of hydrogen-bond donors (Lipinski definition) is 3. The van der Waals surface area contributed by atoms with Gasteiger partial charge in [-0.25, -0.2) is 0 Å². The second-order valence-corrected chi connectivity index (χ2v) is 22.5. The van der Waals surface area contributed by atoms with Crippen LogP contribution >= 0.6 is 0 Å². The van der Waals surface area contributed by atoms with Crippen LogP contribution in [0, 0.1) is 0 Å². The smallest absolute Gasteiger partial charge is 0.305 e. The van der Waals surface area contributed by atoms with E-state index in [-0.39, 0.29) is 18.5 Å². The van der Waals surface area contributed by atoms with E-state index in [0.717, 1.165) is 38.5 Å². The van der Waals surface area contributed by atoms with Gasteiger partial charge in [0.1, 0.15) is 0 Å². The minimum absolute atomic E-state index is 0.00822. The summed E-state index contributed by atoms with van der Waals surface area (Å²) in [5.41, 5.74) is 0. The molecule has 422 valence electrons. The van der Waals surface area contributed by atoms with Crippen LogP contribution in [-0.2, 0) is 14.3 Å². The lowest BCUT2D eigenvalue weighted by atomic mass is 10.0. The Bertz CT molecular complexity index is 1060. The fraction of sp³-hybridized carbons (Fsp3) is 0.938. The number of rotatable bonds is 61. The molecule has 0 aliphatic rings. The van der Waals surface area contributed by atoms with Gasteiger partial charge in [0, 0.05) is 12.8 Å². The molecule has 2 unspecified atom stereocenters. The number of hydrogen-bond acceptors (Lipinski definition) is 5. The summed E-state index contributed by atoms with van der Waals surface area (Å²) in [4.78, 5) is 24.5. The van der Waals surface area contributed by atoms with Crippen LogP contribution in [0.1, 0.15) is 367 Å². The van der Waals surface area contributed by atoms with E-state index >= 15 is 0 Å². The molecular formula is C65H127NO5. The van der Waals surface area contributed by atoms with Gasteiger partial charge < -0.3 is 20.3 Å². The highest BCUT2D eigenvalue weighted by atomic mass is 16.5. The molecule has 0 aromatic heterocycles. The molecule has 0 aliphatic heterocycles. The number of aliphatic hydroxyl groups is 2. The lowest BCUT2D eigenvalue weighted by Gasteiger charge is -2.20. The summed E-state index contributed by atoms with van der Waals surface area (Å²) in [5.74, 6) is -0.0592. The Morgan fingerprint density at radius 1 is 0.380 bits per heavy atom. The monoisotopic (exact) mass is 1000 g/mol. The molecule has 0 bridgehead atoms. The summed E-state index contributed by atoms with van der Waals surface area (Å²) in [7, 11) is 0. The molecule has 0 spiro atoms. The zero-order valence-electron chi connectivity index (χ0n) is 48.2. The molecule has 0 rings (SSSR count). The van der Waals surface area contributed by atoms with Gasteiger partial charge in [-0.3, -0.25) is 9.59 Å². The van der Waals surface area contributed by atoms with Gasteiger partial charge in [-0.05, 0) is 32.1 Å². The highest BCUT2D eigenvalue weighted by Crippen LogP contribution is 2.18. The number of ether oxygens (including phenoxy) is 1. The fourth-order valence-corrected chi connectivity index (χ4v) is 10.3. The Kier molecular flexibility index (Phi) is 59.9. The second kappa shape index (κ2) is 61.1. The van der Waals surface area contributed by atoms with Gasteiger partial charge in [0.25, 0.3) is 0 Å². The molecule has 0 aromatic carbocycles. The molecule has 0 aliphatic carbocycles. The highest BCUT2D eigenvalue weighted by molar-refractivity contribution is 5.76. The first-order valence-corrected chi connectivity index (χ1v) is 32.5. The molecule has 0 saturated heterocycles. The van der Waals surface area contributed by atoms with Crippen LogP contribution in [-0.4, -0.2) is 47.4 Å². The Hall–Kier alpha value is -1.40. The van der Waals surface area contributed by atoms with E-state index < -0.39 is 12.1 Å². The summed E-state index contributed by atoms with van der Waals surface area (Å²) >= 11 is 0. The van der Waals surface area contributed by atoms with Crippen molar-refractivity contribution < 1.29 is 24.5 Å². The van der Waals surface area contributed by atoms with Crippen molar-refractivity contribution >= 4 is 11.9 Å². The maximum Gasteiger partial charge on any atom is 0.305 e. The van der Waals surface area contributed by atoms with Crippen LogP contribution in [0.3, 0.4) is 0 Å². The van der Waals surface area contributed by atoms with E-state index in [1.165, 1.54) is 302 Å². The first kappa shape index (κ1) is 69.6. The number of unbranched alkanes of at least 4 members (excludes halogenated alkanes) is 50. The Balaban J connectivity index is 3.43. The number of aliphatic hydroxyl groups excluding tert-OH is 2. The van der Waals surface area contributed by atoms with Gasteiger partial charge in [-0.2, -0.15) is 0 Å². The Labute approximate surface area is 444 Å². The zero-order valence-corrected chi connectivity index (χ0v) is 48.2. The first-order chi connectivity index (χ1) is 35.0. The molecular weight excluding hydrogens is 875 g/mol. The van der Waals surface area contributed by atoms with Gasteiger partial charge >= 0.3 is 5.97 Å². The maximum atomic E-state index is 12.5. The van der Waals surface area contributed by atoms with Gasteiger partial charge in [0.2, 0.25) is 5.91 Å². The van der Waals surface area contributed by atoms with Crippen molar-refractivity contribution in [1.82, 2.24) is 5.32 Å². The molecule has 0 radical (unpaired) electrons. The van der Waals surface area contributed by atoms with E-state index in [0.29, 0.717) is 19.4 Å². The van der Waals surface area contributed by atoms with E-state index in [1.54, 1.807) is 6.08 Å². The number of carbonyl (C=O) groups is 2. The first-order valence-electron chi connectivity index (χ1n) is 32.5. The van der Waals surface area contributed by atoms with Gasteiger partial charge in [0.15, 0.2) is 0 Å². The third kappa shape index (κ3) is 57.7. The molecule has 6 heteroatoms. The Morgan fingerprint density at radius 2 is 0.648 bits per heavy atom. The van der Waals surface area contributed by atoms with Crippen LogP contribution in [0.5, 0.6) is 0 Å². The quantitative estimate of drug-likeness (QED) is 0.0320. The molecule has 1 amide bonds. The average molecular weight is 1000 g/mol.